The first-order valence-electron chi connectivity index (χ1n) is 3.89. The number of aliphatic hydroxyl groups is 1. The monoisotopic (exact) mass is 195 g/mol. The van der Waals surface area contributed by atoms with Gasteiger partial charge in [-0.3, -0.25) is 0 Å². The van der Waals surface area contributed by atoms with E-state index < -0.39 is 0 Å². The van der Waals surface area contributed by atoms with E-state index in [0.717, 1.165) is 5.56 Å². The Bertz CT molecular complexity index is 352. The number of anilines is 1. The lowest BCUT2D eigenvalue weighted by Gasteiger charge is -1.96. The summed E-state index contributed by atoms with van der Waals surface area (Å²) in [7, 11) is 0. The van der Waals surface area contributed by atoms with Crippen molar-refractivity contribution in [2.24, 2.45) is 0 Å². The molecular formula is C10H10ClNO. The van der Waals surface area contributed by atoms with E-state index in [1.165, 1.54) is 0 Å². The van der Waals surface area contributed by atoms with Crippen LogP contribution in [0.2, 0.25) is 5.02 Å². The van der Waals surface area contributed by atoms with E-state index in [1.54, 1.807) is 18.2 Å². The molecule has 2 nitrogen and oxygen atoms in total. The first kappa shape index (κ1) is 9.91. The SMILES string of the molecule is Nc1ccc(C#CCCO)c(Cl)c1. The van der Waals surface area contributed by atoms with Crippen LogP contribution in [0.15, 0.2) is 18.2 Å². The van der Waals surface area contributed by atoms with Gasteiger partial charge in [-0.25, -0.2) is 0 Å². The molecule has 68 valence electrons. The van der Waals surface area contributed by atoms with Crippen LogP contribution < -0.4 is 5.73 Å². The Balaban J connectivity index is 2.85. The van der Waals surface area contributed by atoms with Crippen LogP contribution in [0.4, 0.5) is 5.69 Å². The van der Waals surface area contributed by atoms with Gasteiger partial charge in [-0.15, -0.1) is 0 Å². The Hall–Kier alpha value is -1.17. The van der Waals surface area contributed by atoms with Crippen LogP contribution in [0.1, 0.15) is 12.0 Å². The molecule has 0 aromatic heterocycles. The van der Waals surface area contributed by atoms with Gasteiger partial charge < -0.3 is 10.8 Å². The fraction of sp³-hybridized carbons (Fsp3) is 0.200. The fourth-order valence-electron chi connectivity index (χ4n) is 0.846. The van der Waals surface area contributed by atoms with Crippen LogP contribution >= 0.6 is 11.6 Å². The van der Waals surface area contributed by atoms with Crippen molar-refractivity contribution in [3.63, 3.8) is 0 Å². The molecule has 0 amide bonds. The highest BCUT2D eigenvalue weighted by molar-refractivity contribution is 6.32. The van der Waals surface area contributed by atoms with Crippen LogP contribution in [-0.4, -0.2) is 11.7 Å². The predicted octanol–water partition coefficient (Wildman–Crippen LogP) is 1.66. The molecule has 0 bridgehead atoms. The smallest absolute Gasteiger partial charge is 0.0582 e. The third-order valence-corrected chi connectivity index (χ3v) is 1.77. The fourth-order valence-corrected chi connectivity index (χ4v) is 1.08. The zero-order chi connectivity index (χ0) is 9.68. The summed E-state index contributed by atoms with van der Waals surface area (Å²) in [4.78, 5) is 0. The molecule has 0 heterocycles. The second-order valence-electron chi connectivity index (χ2n) is 2.51. The van der Waals surface area contributed by atoms with Crippen molar-refractivity contribution >= 4 is 17.3 Å². The van der Waals surface area contributed by atoms with Gasteiger partial charge in [-0.2, -0.15) is 0 Å². The molecule has 0 saturated carbocycles. The number of hydrogen-bond acceptors (Lipinski definition) is 2. The van der Waals surface area contributed by atoms with Crippen LogP contribution in [0, 0.1) is 11.8 Å². The van der Waals surface area contributed by atoms with Crippen LogP contribution in [0.5, 0.6) is 0 Å². The highest BCUT2D eigenvalue weighted by Gasteiger charge is 1.95. The van der Waals surface area contributed by atoms with Gasteiger partial charge >= 0.3 is 0 Å². The van der Waals surface area contributed by atoms with Gasteiger partial charge in [0.05, 0.1) is 11.6 Å². The molecule has 1 aromatic rings. The molecular weight excluding hydrogens is 186 g/mol. The maximum Gasteiger partial charge on any atom is 0.0582 e. The molecule has 0 spiro atoms. The highest BCUT2D eigenvalue weighted by Crippen LogP contribution is 2.17. The standard InChI is InChI=1S/C10H10ClNO/c11-10-7-9(12)5-4-8(10)3-1-2-6-13/h4-5,7,13H,2,6,12H2. The quantitative estimate of drug-likeness (QED) is 0.529. The van der Waals surface area contributed by atoms with Crippen molar-refractivity contribution in [1.82, 2.24) is 0 Å². The van der Waals surface area contributed by atoms with Crippen molar-refractivity contribution in [3.05, 3.63) is 28.8 Å². The van der Waals surface area contributed by atoms with E-state index in [2.05, 4.69) is 11.8 Å². The lowest BCUT2D eigenvalue weighted by molar-refractivity contribution is 0.305. The minimum atomic E-state index is 0.0690. The van der Waals surface area contributed by atoms with Gasteiger partial charge in [0.1, 0.15) is 0 Å². The molecule has 3 heteroatoms. The molecule has 1 aromatic carbocycles. The first-order valence-corrected chi connectivity index (χ1v) is 4.26. The number of aliphatic hydroxyl groups excluding tert-OH is 1. The number of benzene rings is 1. The number of halogens is 1. The zero-order valence-electron chi connectivity index (χ0n) is 7.05. The molecule has 0 unspecified atom stereocenters. The summed E-state index contributed by atoms with van der Waals surface area (Å²) in [6.45, 7) is 0.0690. The molecule has 0 radical (unpaired) electrons. The van der Waals surface area contributed by atoms with E-state index in [-0.39, 0.29) is 6.61 Å². The van der Waals surface area contributed by atoms with Gasteiger partial charge in [-0.05, 0) is 18.2 Å². The molecule has 13 heavy (non-hydrogen) atoms. The number of nitrogen functional groups attached to an aromatic ring is 1. The van der Waals surface area contributed by atoms with Crippen molar-refractivity contribution in [2.45, 2.75) is 6.42 Å². The van der Waals surface area contributed by atoms with Gasteiger partial charge in [0.2, 0.25) is 0 Å². The maximum atomic E-state index is 8.50. The Kier molecular flexibility index (Phi) is 3.63. The largest absolute Gasteiger partial charge is 0.399 e. The lowest BCUT2D eigenvalue weighted by Crippen LogP contribution is -1.85. The Morgan fingerprint density at radius 1 is 1.46 bits per heavy atom. The summed E-state index contributed by atoms with van der Waals surface area (Å²) < 4.78 is 0. The average molecular weight is 196 g/mol. The second kappa shape index (κ2) is 4.76. The van der Waals surface area contributed by atoms with Crippen LogP contribution in [0.25, 0.3) is 0 Å². The normalized spacial score (nSPS) is 9.08. The lowest BCUT2D eigenvalue weighted by atomic mass is 10.2. The molecule has 0 atom stereocenters. The number of rotatable bonds is 1. The molecule has 1 rings (SSSR count). The van der Waals surface area contributed by atoms with Crippen molar-refractivity contribution in [2.75, 3.05) is 12.3 Å². The highest BCUT2D eigenvalue weighted by atomic mass is 35.5. The van der Waals surface area contributed by atoms with Crippen LogP contribution in [0.3, 0.4) is 0 Å². The summed E-state index contributed by atoms with van der Waals surface area (Å²) >= 11 is 5.86. The summed E-state index contributed by atoms with van der Waals surface area (Å²) in [5.41, 5.74) is 6.87. The first-order chi connectivity index (χ1) is 6.24. The summed E-state index contributed by atoms with van der Waals surface area (Å²) in [5.74, 6) is 5.63. The van der Waals surface area contributed by atoms with E-state index in [1.807, 2.05) is 0 Å². The Morgan fingerprint density at radius 3 is 2.85 bits per heavy atom. The van der Waals surface area contributed by atoms with Crippen molar-refractivity contribution in [1.29, 1.82) is 0 Å². The van der Waals surface area contributed by atoms with Gasteiger partial charge in [0, 0.05) is 17.7 Å². The van der Waals surface area contributed by atoms with Crippen molar-refractivity contribution in [3.8, 4) is 11.8 Å². The molecule has 3 N–H and O–H groups in total. The summed E-state index contributed by atoms with van der Waals surface area (Å²) in [6.07, 6.45) is 0.459. The van der Waals surface area contributed by atoms with E-state index >= 15 is 0 Å². The second-order valence-corrected chi connectivity index (χ2v) is 2.92. The number of nitrogens with two attached hydrogens (primary N) is 1. The Morgan fingerprint density at radius 2 is 2.23 bits per heavy atom. The minimum Gasteiger partial charge on any atom is -0.399 e. The molecule has 0 aliphatic rings. The average Bonchev–Trinajstić information content (AvgIpc) is 2.09. The third-order valence-electron chi connectivity index (χ3n) is 1.45. The van der Waals surface area contributed by atoms with Gasteiger partial charge in [-0.1, -0.05) is 23.4 Å². The molecule has 0 saturated heterocycles. The predicted molar refractivity (Wildman–Crippen MR) is 54.4 cm³/mol. The van der Waals surface area contributed by atoms with Gasteiger partial charge in [0.15, 0.2) is 0 Å². The van der Waals surface area contributed by atoms with Crippen LogP contribution in [-0.2, 0) is 0 Å². The maximum absolute atomic E-state index is 8.50. The van der Waals surface area contributed by atoms with Gasteiger partial charge in [0.25, 0.3) is 0 Å². The van der Waals surface area contributed by atoms with E-state index in [9.17, 15) is 0 Å². The molecule has 0 fully saturated rings. The topological polar surface area (TPSA) is 46.2 Å². The number of hydrogen-bond donors (Lipinski definition) is 2. The summed E-state index contributed by atoms with van der Waals surface area (Å²) in [5, 5.41) is 9.05. The molecule has 0 aliphatic heterocycles. The zero-order valence-corrected chi connectivity index (χ0v) is 7.80. The third kappa shape index (κ3) is 2.98. The van der Waals surface area contributed by atoms with E-state index in [4.69, 9.17) is 22.4 Å². The molecule has 0 aliphatic carbocycles. The Labute approximate surface area is 82.3 Å². The minimum absolute atomic E-state index is 0.0690. The van der Waals surface area contributed by atoms with Crippen molar-refractivity contribution < 1.29 is 5.11 Å². The van der Waals surface area contributed by atoms with E-state index in [0.29, 0.717) is 17.1 Å². The summed E-state index contributed by atoms with van der Waals surface area (Å²) in [6, 6.07) is 5.17.